The van der Waals surface area contributed by atoms with Gasteiger partial charge in [-0.25, -0.2) is 19.1 Å². The molecule has 3 rings (SSSR count). The van der Waals surface area contributed by atoms with E-state index in [2.05, 4.69) is 10.3 Å². The molecule has 29 heavy (non-hydrogen) atoms. The molecular weight excluding hydrogens is 377 g/mol. The van der Waals surface area contributed by atoms with Gasteiger partial charge in [-0.3, -0.25) is 15.1 Å². The Balaban J connectivity index is 0.000000360. The Morgan fingerprint density at radius 2 is 1.59 bits per heavy atom. The molecular formula is C21H17FN3O4. The van der Waals surface area contributed by atoms with Crippen LogP contribution in [0.1, 0.15) is 26.4 Å². The highest BCUT2D eigenvalue weighted by Gasteiger charge is 2.13. The zero-order valence-corrected chi connectivity index (χ0v) is 15.4. The molecule has 2 N–H and O–H groups in total. The second-order valence-electron chi connectivity index (χ2n) is 5.75. The van der Waals surface area contributed by atoms with Gasteiger partial charge in [-0.2, -0.15) is 0 Å². The van der Waals surface area contributed by atoms with Crippen LogP contribution in [-0.4, -0.2) is 22.9 Å². The van der Waals surface area contributed by atoms with Crippen LogP contribution in [0, 0.1) is 12.7 Å². The lowest BCUT2D eigenvalue weighted by Crippen LogP contribution is -2.34. The summed E-state index contributed by atoms with van der Waals surface area (Å²) in [6, 6.07) is 15.1. The van der Waals surface area contributed by atoms with Gasteiger partial charge in [-0.05, 0) is 61.5 Å². The van der Waals surface area contributed by atoms with Crippen LogP contribution < -0.4 is 10.6 Å². The number of hydrogen-bond acceptors (Lipinski definition) is 4. The first-order valence-corrected chi connectivity index (χ1v) is 8.42. The number of pyridine rings is 1. The smallest absolute Gasteiger partial charge is 0.308 e. The minimum absolute atomic E-state index is 0.00374. The fraction of sp³-hybridized carbons (Fsp3) is 0.0476. The van der Waals surface area contributed by atoms with Gasteiger partial charge in [0.1, 0.15) is 5.82 Å². The van der Waals surface area contributed by atoms with Crippen LogP contribution in [0.5, 0.6) is 0 Å². The lowest BCUT2D eigenvalue weighted by atomic mass is 10.1. The summed E-state index contributed by atoms with van der Waals surface area (Å²) in [4.78, 5) is 38.2. The number of halogens is 1. The molecule has 0 aliphatic heterocycles. The average Bonchev–Trinajstić information content (AvgIpc) is 2.71. The number of anilines is 1. The standard InChI is InChI=1S/C15H10FN2O4.C6H7N/c16-11-4-6-12(7-5-11)17-15(22)18-13(19)9-2-1-3-10(8-9)14(20)21;1-6-4-2-3-5-7-6/h1-8H,(H2,17,18,19,22);2-5H,1H3. The molecule has 0 spiro atoms. The first kappa shape index (κ1) is 21.2. The Kier molecular flexibility index (Phi) is 7.55. The van der Waals surface area contributed by atoms with Gasteiger partial charge in [0.2, 0.25) is 0 Å². The molecule has 0 fully saturated rings. The van der Waals surface area contributed by atoms with Crippen molar-refractivity contribution < 1.29 is 23.9 Å². The molecule has 0 unspecified atom stereocenters. The minimum Gasteiger partial charge on any atom is -0.308 e. The molecule has 0 saturated heterocycles. The number of nitrogens with one attached hydrogen (secondary N) is 2. The maximum Gasteiger partial charge on any atom is 0.386 e. The summed E-state index contributed by atoms with van der Waals surface area (Å²) in [6.07, 6.45) is 1.79. The zero-order valence-electron chi connectivity index (χ0n) is 15.4. The van der Waals surface area contributed by atoms with E-state index < -0.39 is 23.7 Å². The maximum absolute atomic E-state index is 12.7. The largest absolute Gasteiger partial charge is 0.386 e. The lowest BCUT2D eigenvalue weighted by molar-refractivity contribution is 0.0573. The first-order valence-electron chi connectivity index (χ1n) is 8.42. The zero-order chi connectivity index (χ0) is 21.2. The monoisotopic (exact) mass is 394 g/mol. The topological polar surface area (TPSA) is 108 Å². The molecule has 0 bridgehead atoms. The molecule has 147 valence electrons. The van der Waals surface area contributed by atoms with E-state index in [0.717, 1.165) is 23.9 Å². The fourth-order valence-electron chi connectivity index (χ4n) is 2.11. The van der Waals surface area contributed by atoms with E-state index in [4.69, 9.17) is 0 Å². The van der Waals surface area contributed by atoms with Gasteiger partial charge in [0, 0.05) is 23.1 Å². The second-order valence-corrected chi connectivity index (χ2v) is 5.75. The molecule has 8 heteroatoms. The summed E-state index contributed by atoms with van der Waals surface area (Å²) < 4.78 is 12.7. The van der Waals surface area contributed by atoms with Crippen molar-refractivity contribution in [3.63, 3.8) is 0 Å². The van der Waals surface area contributed by atoms with E-state index in [1.807, 2.05) is 30.4 Å². The van der Waals surface area contributed by atoms with E-state index in [1.54, 1.807) is 6.20 Å². The maximum atomic E-state index is 12.7. The molecule has 3 amide bonds. The molecule has 7 nitrogen and oxygen atoms in total. The highest BCUT2D eigenvalue weighted by Crippen LogP contribution is 2.09. The third-order valence-electron chi connectivity index (χ3n) is 3.50. The normalized spacial score (nSPS) is 9.59. The SMILES string of the molecule is Cc1ccccn1.[O]C(=O)c1cccc(C(=O)NC(=O)Nc2ccc(F)cc2)c1. The summed E-state index contributed by atoms with van der Waals surface area (Å²) in [5.74, 6) is -2.66. The molecule has 1 aromatic heterocycles. The average molecular weight is 394 g/mol. The van der Waals surface area contributed by atoms with Crippen molar-refractivity contribution in [2.45, 2.75) is 6.92 Å². The van der Waals surface area contributed by atoms with Gasteiger partial charge in [0.15, 0.2) is 0 Å². The van der Waals surface area contributed by atoms with E-state index in [9.17, 15) is 23.9 Å². The number of hydrogen-bond donors (Lipinski definition) is 2. The molecule has 1 heterocycles. The third-order valence-corrected chi connectivity index (χ3v) is 3.50. The van der Waals surface area contributed by atoms with E-state index >= 15 is 0 Å². The van der Waals surface area contributed by atoms with E-state index in [0.29, 0.717) is 5.69 Å². The number of benzene rings is 2. The minimum atomic E-state index is -1.43. The summed E-state index contributed by atoms with van der Waals surface area (Å²) in [5.41, 5.74) is 1.19. The Morgan fingerprint density at radius 3 is 2.14 bits per heavy atom. The number of amides is 3. The number of nitrogens with zero attached hydrogens (tertiary/aromatic N) is 1. The third kappa shape index (κ3) is 7.22. The number of aromatic nitrogens is 1. The fourth-order valence-corrected chi connectivity index (χ4v) is 2.11. The van der Waals surface area contributed by atoms with Crippen molar-refractivity contribution in [2.24, 2.45) is 0 Å². The van der Waals surface area contributed by atoms with Crippen LogP contribution >= 0.6 is 0 Å². The number of carbonyl (C=O) groups excluding carboxylic acids is 3. The van der Waals surface area contributed by atoms with Crippen LogP contribution in [0.2, 0.25) is 0 Å². The van der Waals surface area contributed by atoms with Gasteiger partial charge in [0.05, 0.1) is 5.56 Å². The van der Waals surface area contributed by atoms with Crippen LogP contribution in [0.15, 0.2) is 72.9 Å². The Labute approximate surface area is 166 Å². The van der Waals surface area contributed by atoms with Gasteiger partial charge in [0.25, 0.3) is 5.91 Å². The number of carbonyl (C=O) groups is 3. The van der Waals surface area contributed by atoms with Crippen molar-refractivity contribution in [2.75, 3.05) is 5.32 Å². The van der Waals surface area contributed by atoms with Gasteiger partial charge in [-0.15, -0.1) is 0 Å². The quantitative estimate of drug-likeness (QED) is 0.705. The molecule has 0 saturated carbocycles. The molecule has 0 aliphatic carbocycles. The number of rotatable bonds is 3. The van der Waals surface area contributed by atoms with Crippen molar-refractivity contribution in [3.05, 3.63) is 95.6 Å². The number of imide groups is 1. The highest BCUT2D eigenvalue weighted by molar-refractivity contribution is 6.08. The van der Waals surface area contributed by atoms with E-state index in [-0.39, 0.29) is 11.1 Å². The summed E-state index contributed by atoms with van der Waals surface area (Å²) >= 11 is 0. The van der Waals surface area contributed by atoms with Crippen LogP contribution in [-0.2, 0) is 5.11 Å². The van der Waals surface area contributed by atoms with Crippen molar-refractivity contribution in [1.82, 2.24) is 10.3 Å². The summed E-state index contributed by atoms with van der Waals surface area (Å²) in [7, 11) is 0. The van der Waals surface area contributed by atoms with Gasteiger partial charge >= 0.3 is 12.0 Å². The first-order chi connectivity index (χ1) is 13.8. The number of urea groups is 1. The predicted molar refractivity (Wildman–Crippen MR) is 103 cm³/mol. The Morgan fingerprint density at radius 1 is 0.897 bits per heavy atom. The van der Waals surface area contributed by atoms with Crippen molar-refractivity contribution in [1.29, 1.82) is 0 Å². The molecule has 0 atom stereocenters. The second kappa shape index (κ2) is 10.3. The van der Waals surface area contributed by atoms with Crippen molar-refractivity contribution >= 4 is 23.6 Å². The molecule has 0 aliphatic rings. The summed E-state index contributed by atoms with van der Waals surface area (Å²) in [5, 5.41) is 15.1. The van der Waals surface area contributed by atoms with Gasteiger partial charge < -0.3 is 5.32 Å². The Hall–Kier alpha value is -4.07. The van der Waals surface area contributed by atoms with Crippen LogP contribution in [0.4, 0.5) is 14.9 Å². The molecule has 2 aromatic carbocycles. The lowest BCUT2D eigenvalue weighted by Gasteiger charge is -2.07. The molecule has 1 radical (unpaired) electrons. The van der Waals surface area contributed by atoms with Gasteiger partial charge in [-0.1, -0.05) is 12.1 Å². The van der Waals surface area contributed by atoms with Crippen LogP contribution in [0.3, 0.4) is 0 Å². The van der Waals surface area contributed by atoms with E-state index in [1.165, 1.54) is 30.3 Å². The highest BCUT2D eigenvalue weighted by atomic mass is 19.1. The van der Waals surface area contributed by atoms with Crippen molar-refractivity contribution in [3.8, 4) is 0 Å². The predicted octanol–water partition coefficient (Wildman–Crippen LogP) is 3.75. The Bertz CT molecular complexity index is 992. The van der Waals surface area contributed by atoms with Crippen LogP contribution in [0.25, 0.3) is 0 Å². The number of aryl methyl sites for hydroxylation is 1. The summed E-state index contributed by atoms with van der Waals surface area (Å²) in [6.45, 7) is 1.97. The molecule has 3 aromatic rings.